The quantitative estimate of drug-likeness (QED) is 0.913. The molecule has 7 heteroatoms. The summed E-state index contributed by atoms with van der Waals surface area (Å²) in [6.45, 7) is 5.65. The van der Waals surface area contributed by atoms with Gasteiger partial charge in [0.05, 0.1) is 5.92 Å². The fourth-order valence-corrected chi connectivity index (χ4v) is 3.44. The summed E-state index contributed by atoms with van der Waals surface area (Å²) < 4.78 is 10.7. The molecule has 7 nitrogen and oxygen atoms in total. The summed E-state index contributed by atoms with van der Waals surface area (Å²) in [6.07, 6.45) is 1.80. The average Bonchev–Trinajstić information content (AvgIpc) is 3.09. The van der Waals surface area contributed by atoms with E-state index < -0.39 is 0 Å². The zero-order valence-corrected chi connectivity index (χ0v) is 15.0. The van der Waals surface area contributed by atoms with E-state index in [1.807, 2.05) is 32.0 Å². The number of piperidine rings is 1. The number of carbonyl (C=O) groups is 1. The third-order valence-corrected chi connectivity index (χ3v) is 4.69. The topological polar surface area (TPSA) is 76.6 Å². The van der Waals surface area contributed by atoms with Crippen LogP contribution in [0.5, 0.6) is 11.5 Å². The number of carbonyl (C=O) groups excluding carboxylic acids is 1. The summed E-state index contributed by atoms with van der Waals surface area (Å²) in [7, 11) is 0. The number of rotatable bonds is 3. The zero-order valence-electron chi connectivity index (χ0n) is 15.0. The van der Waals surface area contributed by atoms with Gasteiger partial charge < -0.3 is 19.7 Å². The summed E-state index contributed by atoms with van der Waals surface area (Å²) in [5, 5.41) is 2.99. The third kappa shape index (κ3) is 3.42. The number of nitrogens with zero attached hydrogens (tertiary/aromatic N) is 3. The molecular formula is C19H22N4O3. The molecule has 26 heavy (non-hydrogen) atoms. The van der Waals surface area contributed by atoms with Crippen molar-refractivity contribution in [2.75, 3.05) is 30.1 Å². The second-order valence-electron chi connectivity index (χ2n) is 6.79. The fraction of sp³-hybridized carbons (Fsp3) is 0.421. The predicted molar refractivity (Wildman–Crippen MR) is 97.6 cm³/mol. The number of hydrogen-bond acceptors (Lipinski definition) is 6. The van der Waals surface area contributed by atoms with E-state index in [1.54, 1.807) is 6.07 Å². The van der Waals surface area contributed by atoms with Crippen LogP contribution < -0.4 is 19.7 Å². The highest BCUT2D eigenvalue weighted by atomic mass is 16.7. The Morgan fingerprint density at radius 2 is 1.92 bits per heavy atom. The van der Waals surface area contributed by atoms with Crippen molar-refractivity contribution in [1.29, 1.82) is 0 Å². The smallest absolute Gasteiger partial charge is 0.231 e. The van der Waals surface area contributed by atoms with E-state index in [0.29, 0.717) is 24.0 Å². The molecule has 1 saturated heterocycles. The lowest BCUT2D eigenvalue weighted by Crippen LogP contribution is -2.41. The van der Waals surface area contributed by atoms with Crippen molar-refractivity contribution in [3.8, 4) is 11.5 Å². The van der Waals surface area contributed by atoms with Gasteiger partial charge in [0.25, 0.3) is 0 Å². The minimum absolute atomic E-state index is 0.0120. The van der Waals surface area contributed by atoms with Crippen LogP contribution in [-0.4, -0.2) is 35.8 Å². The van der Waals surface area contributed by atoms with Crippen LogP contribution in [-0.2, 0) is 4.79 Å². The van der Waals surface area contributed by atoms with Crippen LogP contribution in [0.4, 0.5) is 11.6 Å². The molecule has 1 atom stereocenters. The Hall–Kier alpha value is -2.83. The molecule has 136 valence electrons. The van der Waals surface area contributed by atoms with E-state index in [1.165, 1.54) is 0 Å². The molecule has 0 spiro atoms. The van der Waals surface area contributed by atoms with Crippen molar-refractivity contribution >= 4 is 17.5 Å². The van der Waals surface area contributed by atoms with Gasteiger partial charge in [-0.05, 0) is 44.9 Å². The van der Waals surface area contributed by atoms with Gasteiger partial charge in [-0.3, -0.25) is 4.79 Å². The van der Waals surface area contributed by atoms with Gasteiger partial charge in [0, 0.05) is 36.2 Å². The number of aromatic nitrogens is 2. The maximum atomic E-state index is 12.7. The van der Waals surface area contributed by atoms with Gasteiger partial charge in [-0.15, -0.1) is 0 Å². The number of benzene rings is 1. The first-order valence-corrected chi connectivity index (χ1v) is 8.86. The van der Waals surface area contributed by atoms with E-state index in [4.69, 9.17) is 9.47 Å². The van der Waals surface area contributed by atoms with E-state index in [2.05, 4.69) is 20.2 Å². The maximum Gasteiger partial charge on any atom is 0.231 e. The molecule has 0 bridgehead atoms. The van der Waals surface area contributed by atoms with Crippen molar-refractivity contribution in [3.63, 3.8) is 0 Å². The number of nitrogens with one attached hydrogen (secondary N) is 1. The Bertz CT molecular complexity index is 819. The van der Waals surface area contributed by atoms with E-state index in [9.17, 15) is 4.79 Å². The van der Waals surface area contributed by atoms with E-state index in [0.717, 1.165) is 36.5 Å². The zero-order chi connectivity index (χ0) is 18.1. The Morgan fingerprint density at radius 1 is 1.15 bits per heavy atom. The lowest BCUT2D eigenvalue weighted by atomic mass is 9.97. The summed E-state index contributed by atoms with van der Waals surface area (Å²) in [4.78, 5) is 23.9. The van der Waals surface area contributed by atoms with Crippen molar-refractivity contribution in [2.45, 2.75) is 26.7 Å². The molecular weight excluding hydrogens is 332 g/mol. The lowest BCUT2D eigenvalue weighted by Gasteiger charge is -2.32. The van der Waals surface area contributed by atoms with Gasteiger partial charge in [-0.1, -0.05) is 0 Å². The fourth-order valence-electron chi connectivity index (χ4n) is 3.44. The summed E-state index contributed by atoms with van der Waals surface area (Å²) in [6, 6.07) is 7.40. The Morgan fingerprint density at radius 3 is 2.73 bits per heavy atom. The molecule has 3 heterocycles. The molecule has 1 aromatic heterocycles. The molecule has 1 amide bonds. The van der Waals surface area contributed by atoms with E-state index in [-0.39, 0.29) is 18.6 Å². The first-order valence-electron chi connectivity index (χ1n) is 8.86. The molecule has 1 aromatic carbocycles. The van der Waals surface area contributed by atoms with Crippen LogP contribution in [0.25, 0.3) is 0 Å². The van der Waals surface area contributed by atoms with Gasteiger partial charge in [-0.25, -0.2) is 9.97 Å². The molecule has 0 saturated carbocycles. The van der Waals surface area contributed by atoms with Crippen molar-refractivity contribution in [1.82, 2.24) is 9.97 Å². The molecule has 2 aliphatic rings. The van der Waals surface area contributed by atoms with Gasteiger partial charge in [0.1, 0.15) is 0 Å². The van der Waals surface area contributed by atoms with Crippen LogP contribution in [0, 0.1) is 19.8 Å². The number of aryl methyl sites for hydroxylation is 2. The second kappa shape index (κ2) is 6.82. The van der Waals surface area contributed by atoms with Crippen LogP contribution in [0.3, 0.4) is 0 Å². The molecule has 1 fully saturated rings. The van der Waals surface area contributed by atoms with Crippen LogP contribution >= 0.6 is 0 Å². The lowest BCUT2D eigenvalue weighted by molar-refractivity contribution is -0.120. The van der Waals surface area contributed by atoms with Crippen LogP contribution in [0.2, 0.25) is 0 Å². The normalized spacial score (nSPS) is 18.7. The highest BCUT2D eigenvalue weighted by molar-refractivity contribution is 5.93. The predicted octanol–water partition coefficient (Wildman–Crippen LogP) is 2.68. The molecule has 2 aromatic rings. The van der Waals surface area contributed by atoms with Crippen molar-refractivity contribution in [3.05, 3.63) is 35.7 Å². The number of hydrogen-bond donors (Lipinski definition) is 1. The number of anilines is 2. The monoisotopic (exact) mass is 354 g/mol. The molecule has 0 radical (unpaired) electrons. The molecule has 0 unspecified atom stereocenters. The maximum absolute atomic E-state index is 12.7. The van der Waals surface area contributed by atoms with Gasteiger partial charge in [0.15, 0.2) is 11.5 Å². The first kappa shape index (κ1) is 16.6. The Labute approximate surface area is 152 Å². The highest BCUT2D eigenvalue weighted by Crippen LogP contribution is 2.34. The minimum atomic E-state index is -0.0985. The molecule has 4 rings (SSSR count). The average molecular weight is 354 g/mol. The standard InChI is InChI=1S/C19H22N4O3/c1-12-8-13(2)21-19(20-12)23-7-3-4-14(10-23)18(24)22-15-5-6-16-17(9-15)26-11-25-16/h5-6,8-9,14H,3-4,7,10-11H2,1-2H3,(H,22,24)/t14-/m1/s1. The Balaban J connectivity index is 1.44. The largest absolute Gasteiger partial charge is 0.454 e. The summed E-state index contributed by atoms with van der Waals surface area (Å²) in [5.41, 5.74) is 2.61. The number of ether oxygens (including phenoxy) is 2. The summed E-state index contributed by atoms with van der Waals surface area (Å²) >= 11 is 0. The van der Waals surface area contributed by atoms with Crippen LogP contribution in [0.1, 0.15) is 24.2 Å². The van der Waals surface area contributed by atoms with Crippen LogP contribution in [0.15, 0.2) is 24.3 Å². The molecule has 2 aliphatic heterocycles. The van der Waals surface area contributed by atoms with Crippen molar-refractivity contribution in [2.24, 2.45) is 5.92 Å². The van der Waals surface area contributed by atoms with E-state index >= 15 is 0 Å². The van der Waals surface area contributed by atoms with Gasteiger partial charge in [0.2, 0.25) is 18.6 Å². The number of amides is 1. The summed E-state index contributed by atoms with van der Waals surface area (Å²) in [5.74, 6) is 2.00. The first-order chi connectivity index (χ1) is 12.6. The van der Waals surface area contributed by atoms with Gasteiger partial charge in [-0.2, -0.15) is 0 Å². The minimum Gasteiger partial charge on any atom is -0.454 e. The third-order valence-electron chi connectivity index (χ3n) is 4.69. The van der Waals surface area contributed by atoms with Gasteiger partial charge >= 0.3 is 0 Å². The SMILES string of the molecule is Cc1cc(C)nc(N2CCC[C@@H](C(=O)Nc3ccc4c(c3)OCO4)C2)n1. The highest BCUT2D eigenvalue weighted by Gasteiger charge is 2.27. The number of fused-ring (bicyclic) bond motifs is 1. The molecule has 0 aliphatic carbocycles. The Kier molecular flexibility index (Phi) is 4.36. The van der Waals surface area contributed by atoms with Crippen molar-refractivity contribution < 1.29 is 14.3 Å². The molecule has 1 N–H and O–H groups in total. The second-order valence-corrected chi connectivity index (χ2v) is 6.79.